The third kappa shape index (κ3) is 4.39. The number of para-hydroxylation sites is 1. The number of carbonyl (C=O) groups is 2. The lowest BCUT2D eigenvalue weighted by Gasteiger charge is -2.32. The predicted molar refractivity (Wildman–Crippen MR) is 102 cm³/mol. The maximum absolute atomic E-state index is 12.9. The topological polar surface area (TPSA) is 78.9 Å². The summed E-state index contributed by atoms with van der Waals surface area (Å²) in [5.74, 6) is -0.670. The summed E-state index contributed by atoms with van der Waals surface area (Å²) in [5.41, 5.74) is 1.79. The average molecular weight is 368 g/mol. The van der Waals surface area contributed by atoms with Crippen LogP contribution >= 0.6 is 0 Å². The highest BCUT2D eigenvalue weighted by atomic mass is 16.5. The van der Waals surface area contributed by atoms with Crippen molar-refractivity contribution >= 4 is 12.0 Å². The molecule has 0 aromatic heterocycles. The van der Waals surface area contributed by atoms with Crippen molar-refractivity contribution in [3.63, 3.8) is 0 Å². The van der Waals surface area contributed by atoms with Crippen molar-refractivity contribution in [3.05, 3.63) is 65.7 Å². The number of urea groups is 1. The zero-order valence-electron chi connectivity index (χ0n) is 15.3. The number of nitrogens with zero attached hydrogens (tertiary/aromatic N) is 1. The third-order valence-corrected chi connectivity index (χ3v) is 4.91. The van der Waals surface area contributed by atoms with E-state index in [1.165, 1.54) is 0 Å². The Labute approximate surface area is 158 Å². The third-order valence-electron chi connectivity index (χ3n) is 4.91. The molecule has 1 fully saturated rings. The molecule has 0 aliphatic carbocycles. The molecule has 6 nitrogen and oxygen atoms in total. The second-order valence-corrected chi connectivity index (χ2v) is 6.66. The highest BCUT2D eigenvalue weighted by molar-refractivity contribution is 5.77. The lowest BCUT2D eigenvalue weighted by Crippen LogP contribution is -2.48. The summed E-state index contributed by atoms with van der Waals surface area (Å²) in [4.78, 5) is 25.8. The van der Waals surface area contributed by atoms with Crippen LogP contribution in [0.1, 0.15) is 30.0 Å². The van der Waals surface area contributed by atoms with E-state index in [0.29, 0.717) is 25.1 Å². The van der Waals surface area contributed by atoms with E-state index in [0.717, 1.165) is 11.1 Å². The van der Waals surface area contributed by atoms with E-state index < -0.39 is 11.9 Å². The van der Waals surface area contributed by atoms with Crippen molar-refractivity contribution in [1.82, 2.24) is 10.2 Å². The minimum absolute atomic E-state index is 0.231. The standard InChI is InChI=1S/C21H24N2O4/c1-27-18-12-6-5-11-17(18)19(15-8-3-2-4-9-15)22-21(26)23-13-7-10-16(14-23)20(24)25/h2-6,8-9,11-12,16,19H,7,10,13-14H2,1H3,(H,22,26)(H,24,25). The zero-order chi connectivity index (χ0) is 19.2. The fourth-order valence-corrected chi connectivity index (χ4v) is 3.47. The molecule has 1 aliphatic heterocycles. The van der Waals surface area contributed by atoms with Crippen LogP contribution in [0.5, 0.6) is 5.75 Å². The van der Waals surface area contributed by atoms with E-state index in [4.69, 9.17) is 4.74 Å². The average Bonchev–Trinajstić information content (AvgIpc) is 2.72. The number of benzene rings is 2. The molecule has 2 aromatic carbocycles. The van der Waals surface area contributed by atoms with Gasteiger partial charge in [-0.05, 0) is 24.5 Å². The molecule has 0 radical (unpaired) electrons. The van der Waals surface area contributed by atoms with Crippen LogP contribution in [0.4, 0.5) is 4.79 Å². The molecule has 2 unspecified atom stereocenters. The van der Waals surface area contributed by atoms with Crippen molar-refractivity contribution in [2.45, 2.75) is 18.9 Å². The molecule has 1 aliphatic rings. The van der Waals surface area contributed by atoms with Crippen molar-refractivity contribution in [2.75, 3.05) is 20.2 Å². The number of piperidine rings is 1. The van der Waals surface area contributed by atoms with Gasteiger partial charge < -0.3 is 20.1 Å². The number of carboxylic acids is 1. The fourth-order valence-electron chi connectivity index (χ4n) is 3.47. The number of aliphatic carboxylic acids is 1. The Balaban J connectivity index is 1.86. The molecule has 3 rings (SSSR count). The molecule has 0 saturated carbocycles. The maximum atomic E-state index is 12.9. The van der Waals surface area contributed by atoms with Crippen LogP contribution in [-0.4, -0.2) is 42.2 Å². The number of ether oxygens (including phenoxy) is 1. The maximum Gasteiger partial charge on any atom is 0.318 e. The Hall–Kier alpha value is -3.02. The summed E-state index contributed by atoms with van der Waals surface area (Å²) in [6.45, 7) is 0.789. The van der Waals surface area contributed by atoms with Crippen molar-refractivity contribution in [2.24, 2.45) is 5.92 Å². The predicted octanol–water partition coefficient (Wildman–Crippen LogP) is 3.29. The number of nitrogens with one attached hydrogen (secondary N) is 1. The molecule has 0 bridgehead atoms. The van der Waals surface area contributed by atoms with E-state index in [1.807, 2.05) is 54.6 Å². The van der Waals surface area contributed by atoms with Gasteiger partial charge in [-0.2, -0.15) is 0 Å². The van der Waals surface area contributed by atoms with Gasteiger partial charge in [0.05, 0.1) is 19.1 Å². The van der Waals surface area contributed by atoms with Crippen LogP contribution in [0, 0.1) is 5.92 Å². The molecule has 6 heteroatoms. The molecule has 0 spiro atoms. The first-order chi connectivity index (χ1) is 13.1. The summed E-state index contributed by atoms with van der Waals surface area (Å²) in [6.07, 6.45) is 1.29. The molecule has 1 saturated heterocycles. The minimum atomic E-state index is -0.850. The van der Waals surface area contributed by atoms with Gasteiger partial charge in [0.25, 0.3) is 0 Å². The van der Waals surface area contributed by atoms with Crippen LogP contribution in [-0.2, 0) is 4.79 Å². The number of rotatable bonds is 5. The van der Waals surface area contributed by atoms with E-state index in [2.05, 4.69) is 5.32 Å². The first-order valence-corrected chi connectivity index (χ1v) is 9.06. The first kappa shape index (κ1) is 18.8. The summed E-state index contributed by atoms with van der Waals surface area (Å²) in [6, 6.07) is 16.6. The molecule has 142 valence electrons. The van der Waals surface area contributed by atoms with Gasteiger partial charge in [0.15, 0.2) is 0 Å². The smallest absolute Gasteiger partial charge is 0.318 e. The van der Waals surface area contributed by atoms with Gasteiger partial charge >= 0.3 is 12.0 Å². The Morgan fingerprint density at radius 3 is 2.56 bits per heavy atom. The molecule has 2 atom stereocenters. The van der Waals surface area contributed by atoms with Gasteiger partial charge in [0.2, 0.25) is 0 Å². The summed E-state index contributed by atoms with van der Waals surface area (Å²) < 4.78 is 5.48. The lowest BCUT2D eigenvalue weighted by atomic mass is 9.97. The van der Waals surface area contributed by atoms with Gasteiger partial charge in [0.1, 0.15) is 5.75 Å². The number of carbonyl (C=O) groups excluding carboxylic acids is 1. The number of hydrogen-bond acceptors (Lipinski definition) is 3. The number of carboxylic acid groups (broad SMARTS) is 1. The molecule has 1 heterocycles. The Kier molecular flexibility index (Phi) is 5.96. The minimum Gasteiger partial charge on any atom is -0.496 e. The molecule has 2 aromatic rings. The number of amides is 2. The Bertz CT molecular complexity index is 794. The van der Waals surface area contributed by atoms with Crippen LogP contribution in [0.15, 0.2) is 54.6 Å². The highest BCUT2D eigenvalue weighted by Crippen LogP contribution is 2.30. The molecule has 2 N–H and O–H groups in total. The molecule has 2 amide bonds. The van der Waals surface area contributed by atoms with Gasteiger partial charge in [0, 0.05) is 18.7 Å². The van der Waals surface area contributed by atoms with Gasteiger partial charge in [-0.1, -0.05) is 48.5 Å². The monoisotopic (exact) mass is 368 g/mol. The van der Waals surface area contributed by atoms with E-state index in [-0.39, 0.29) is 18.6 Å². The summed E-state index contributed by atoms with van der Waals surface area (Å²) >= 11 is 0. The number of likely N-dealkylation sites (tertiary alicyclic amines) is 1. The number of hydrogen-bond donors (Lipinski definition) is 2. The van der Waals surface area contributed by atoms with Crippen LogP contribution in [0.25, 0.3) is 0 Å². The fraction of sp³-hybridized carbons (Fsp3) is 0.333. The zero-order valence-corrected chi connectivity index (χ0v) is 15.3. The SMILES string of the molecule is COc1ccccc1C(NC(=O)N1CCCC(C(=O)O)C1)c1ccccc1. The lowest BCUT2D eigenvalue weighted by molar-refractivity contribution is -0.143. The second-order valence-electron chi connectivity index (χ2n) is 6.66. The normalized spacial score (nSPS) is 17.8. The summed E-state index contributed by atoms with van der Waals surface area (Å²) in [7, 11) is 1.60. The first-order valence-electron chi connectivity index (χ1n) is 9.06. The quantitative estimate of drug-likeness (QED) is 0.849. The van der Waals surface area contributed by atoms with E-state index in [1.54, 1.807) is 12.0 Å². The summed E-state index contributed by atoms with van der Waals surface area (Å²) in [5, 5.41) is 12.3. The van der Waals surface area contributed by atoms with Crippen molar-refractivity contribution in [3.8, 4) is 5.75 Å². The molecule has 27 heavy (non-hydrogen) atoms. The van der Waals surface area contributed by atoms with Gasteiger partial charge in [-0.25, -0.2) is 4.79 Å². The molecular formula is C21H24N2O4. The Morgan fingerprint density at radius 1 is 1.15 bits per heavy atom. The molecular weight excluding hydrogens is 344 g/mol. The van der Waals surface area contributed by atoms with Crippen molar-refractivity contribution in [1.29, 1.82) is 0 Å². The van der Waals surface area contributed by atoms with Crippen LogP contribution in [0.3, 0.4) is 0 Å². The highest BCUT2D eigenvalue weighted by Gasteiger charge is 2.30. The van der Waals surface area contributed by atoms with Gasteiger partial charge in [-0.15, -0.1) is 0 Å². The Morgan fingerprint density at radius 2 is 1.85 bits per heavy atom. The van der Waals surface area contributed by atoms with E-state index >= 15 is 0 Å². The van der Waals surface area contributed by atoms with E-state index in [9.17, 15) is 14.7 Å². The second kappa shape index (κ2) is 8.58. The van der Waals surface area contributed by atoms with Crippen LogP contribution < -0.4 is 10.1 Å². The van der Waals surface area contributed by atoms with Crippen LogP contribution in [0.2, 0.25) is 0 Å². The van der Waals surface area contributed by atoms with Gasteiger partial charge in [-0.3, -0.25) is 4.79 Å². The van der Waals surface area contributed by atoms with Crippen molar-refractivity contribution < 1.29 is 19.4 Å². The largest absolute Gasteiger partial charge is 0.496 e. The number of methoxy groups -OCH3 is 1.